The minimum absolute atomic E-state index is 0.117. The number of hydrogen-bond acceptors (Lipinski definition) is 3. The van der Waals surface area contributed by atoms with Crippen molar-refractivity contribution < 1.29 is 5.11 Å². The van der Waals surface area contributed by atoms with Crippen LogP contribution < -0.4 is 5.73 Å². The Balaban J connectivity index is 2.47. The quantitative estimate of drug-likeness (QED) is 0.666. The van der Waals surface area contributed by atoms with E-state index in [1.807, 2.05) is 0 Å². The first-order chi connectivity index (χ1) is 7.01. The van der Waals surface area contributed by atoms with Gasteiger partial charge in [-0.3, -0.25) is 0 Å². The largest absolute Gasteiger partial charge is 0.394 e. The molecule has 1 atom stereocenters. The number of nitrogens with zero attached hydrogens (tertiary/aromatic N) is 1. The lowest BCUT2D eigenvalue weighted by atomic mass is 9.94. The van der Waals surface area contributed by atoms with Crippen molar-refractivity contribution in [1.82, 2.24) is 4.90 Å². The molecule has 0 heterocycles. The van der Waals surface area contributed by atoms with Gasteiger partial charge in [-0.05, 0) is 31.2 Å². The van der Waals surface area contributed by atoms with Crippen molar-refractivity contribution in [2.75, 3.05) is 26.2 Å². The predicted octanol–water partition coefficient (Wildman–Crippen LogP) is 1.06. The number of rotatable bonds is 7. The Morgan fingerprint density at radius 1 is 1.47 bits per heavy atom. The van der Waals surface area contributed by atoms with Crippen LogP contribution in [0.1, 0.15) is 33.6 Å². The Labute approximate surface area is 93.6 Å². The van der Waals surface area contributed by atoms with E-state index in [0.29, 0.717) is 11.8 Å². The highest BCUT2D eigenvalue weighted by atomic mass is 16.3. The lowest BCUT2D eigenvalue weighted by Gasteiger charge is -2.34. The van der Waals surface area contributed by atoms with Crippen molar-refractivity contribution in [3.8, 4) is 0 Å². The minimum atomic E-state index is -0.356. The fourth-order valence-corrected chi connectivity index (χ4v) is 2.20. The standard InChI is InChI=1S/C12H26N2O/c1-4-14(7-10(2)3)8-12(13,9-15)11-5-6-11/h10-11,15H,4-9,13H2,1-3H3. The zero-order chi connectivity index (χ0) is 11.5. The molecule has 1 fully saturated rings. The van der Waals surface area contributed by atoms with E-state index in [1.165, 1.54) is 12.8 Å². The van der Waals surface area contributed by atoms with Gasteiger partial charge in [-0.1, -0.05) is 20.8 Å². The van der Waals surface area contributed by atoms with Gasteiger partial charge < -0.3 is 15.7 Å². The fourth-order valence-electron chi connectivity index (χ4n) is 2.20. The maximum atomic E-state index is 9.42. The predicted molar refractivity (Wildman–Crippen MR) is 63.7 cm³/mol. The van der Waals surface area contributed by atoms with Gasteiger partial charge in [0, 0.05) is 13.1 Å². The van der Waals surface area contributed by atoms with Gasteiger partial charge in [-0.25, -0.2) is 0 Å². The molecular formula is C12H26N2O. The molecule has 0 aromatic rings. The summed E-state index contributed by atoms with van der Waals surface area (Å²) >= 11 is 0. The number of likely N-dealkylation sites (N-methyl/N-ethyl adjacent to an activating group) is 1. The summed E-state index contributed by atoms with van der Waals surface area (Å²) in [5.41, 5.74) is 5.91. The van der Waals surface area contributed by atoms with Crippen LogP contribution in [0.25, 0.3) is 0 Å². The van der Waals surface area contributed by atoms with Crippen LogP contribution >= 0.6 is 0 Å². The van der Waals surface area contributed by atoms with Gasteiger partial charge in [0.15, 0.2) is 0 Å². The van der Waals surface area contributed by atoms with E-state index in [9.17, 15) is 5.11 Å². The molecule has 0 spiro atoms. The second-order valence-corrected chi connectivity index (χ2v) is 5.39. The van der Waals surface area contributed by atoms with Gasteiger partial charge in [-0.15, -0.1) is 0 Å². The van der Waals surface area contributed by atoms with Gasteiger partial charge in [0.2, 0.25) is 0 Å². The van der Waals surface area contributed by atoms with Crippen molar-refractivity contribution in [3.63, 3.8) is 0 Å². The molecule has 0 radical (unpaired) electrons. The summed E-state index contributed by atoms with van der Waals surface area (Å²) in [7, 11) is 0. The Bertz CT molecular complexity index is 192. The Hall–Kier alpha value is -0.120. The molecule has 0 bridgehead atoms. The van der Waals surface area contributed by atoms with E-state index in [0.717, 1.165) is 19.6 Å². The van der Waals surface area contributed by atoms with Crippen LogP contribution in [-0.2, 0) is 0 Å². The molecule has 0 aromatic carbocycles. The molecule has 15 heavy (non-hydrogen) atoms. The van der Waals surface area contributed by atoms with Crippen LogP contribution in [0.5, 0.6) is 0 Å². The monoisotopic (exact) mass is 214 g/mol. The van der Waals surface area contributed by atoms with Gasteiger partial charge in [0.05, 0.1) is 12.1 Å². The third-order valence-electron chi connectivity index (χ3n) is 3.27. The van der Waals surface area contributed by atoms with E-state index in [2.05, 4.69) is 25.7 Å². The number of hydrogen-bond donors (Lipinski definition) is 2. The molecule has 1 saturated carbocycles. The van der Waals surface area contributed by atoms with Gasteiger partial charge in [0.1, 0.15) is 0 Å². The molecule has 1 aliphatic carbocycles. The third kappa shape index (κ3) is 3.74. The average Bonchev–Trinajstić information content (AvgIpc) is 2.99. The summed E-state index contributed by atoms with van der Waals surface area (Å²) in [6, 6.07) is 0. The highest BCUT2D eigenvalue weighted by molar-refractivity contribution is 5.00. The van der Waals surface area contributed by atoms with Crippen LogP contribution in [-0.4, -0.2) is 41.8 Å². The molecule has 1 aliphatic rings. The maximum Gasteiger partial charge on any atom is 0.0626 e. The molecule has 0 amide bonds. The Kier molecular flexibility index (Phi) is 4.56. The van der Waals surface area contributed by atoms with E-state index in [-0.39, 0.29) is 12.1 Å². The average molecular weight is 214 g/mol. The van der Waals surface area contributed by atoms with Crippen LogP contribution in [0, 0.1) is 11.8 Å². The summed E-state index contributed by atoms with van der Waals surface area (Å²) in [6.07, 6.45) is 2.38. The maximum absolute atomic E-state index is 9.42. The Morgan fingerprint density at radius 3 is 2.40 bits per heavy atom. The smallest absolute Gasteiger partial charge is 0.0626 e. The zero-order valence-corrected chi connectivity index (χ0v) is 10.4. The second kappa shape index (κ2) is 5.28. The first-order valence-electron chi connectivity index (χ1n) is 6.14. The number of aliphatic hydroxyl groups excluding tert-OH is 1. The third-order valence-corrected chi connectivity index (χ3v) is 3.27. The molecule has 0 aliphatic heterocycles. The first kappa shape index (κ1) is 12.9. The van der Waals surface area contributed by atoms with Crippen molar-refractivity contribution in [2.45, 2.75) is 39.2 Å². The second-order valence-electron chi connectivity index (χ2n) is 5.39. The normalized spacial score (nSPS) is 21.0. The molecule has 3 N–H and O–H groups in total. The van der Waals surface area contributed by atoms with Gasteiger partial charge >= 0.3 is 0 Å². The lowest BCUT2D eigenvalue weighted by molar-refractivity contribution is 0.117. The lowest BCUT2D eigenvalue weighted by Crippen LogP contribution is -2.55. The number of aliphatic hydroxyl groups is 1. The first-order valence-corrected chi connectivity index (χ1v) is 6.14. The summed E-state index contributed by atoms with van der Waals surface area (Å²) in [5, 5.41) is 9.42. The minimum Gasteiger partial charge on any atom is -0.394 e. The van der Waals surface area contributed by atoms with Crippen molar-refractivity contribution in [3.05, 3.63) is 0 Å². The van der Waals surface area contributed by atoms with Crippen molar-refractivity contribution in [1.29, 1.82) is 0 Å². The molecule has 1 unspecified atom stereocenters. The SMILES string of the molecule is CCN(CC(C)C)CC(N)(CO)C1CC1. The number of nitrogens with two attached hydrogens (primary N) is 1. The summed E-state index contributed by atoms with van der Waals surface area (Å²) in [4.78, 5) is 2.36. The summed E-state index contributed by atoms with van der Waals surface area (Å²) < 4.78 is 0. The summed E-state index contributed by atoms with van der Waals surface area (Å²) in [5.74, 6) is 1.20. The van der Waals surface area contributed by atoms with E-state index >= 15 is 0 Å². The van der Waals surface area contributed by atoms with Gasteiger partial charge in [0.25, 0.3) is 0 Å². The van der Waals surface area contributed by atoms with Gasteiger partial charge in [-0.2, -0.15) is 0 Å². The molecule has 0 saturated heterocycles. The molecule has 3 nitrogen and oxygen atoms in total. The van der Waals surface area contributed by atoms with E-state index in [4.69, 9.17) is 5.73 Å². The van der Waals surface area contributed by atoms with Crippen LogP contribution in [0.4, 0.5) is 0 Å². The molecule has 1 rings (SSSR count). The highest BCUT2D eigenvalue weighted by Gasteiger charge is 2.42. The zero-order valence-electron chi connectivity index (χ0n) is 10.4. The van der Waals surface area contributed by atoms with E-state index < -0.39 is 0 Å². The highest BCUT2D eigenvalue weighted by Crippen LogP contribution is 2.38. The fraction of sp³-hybridized carbons (Fsp3) is 1.00. The van der Waals surface area contributed by atoms with Crippen LogP contribution in [0.3, 0.4) is 0 Å². The topological polar surface area (TPSA) is 49.5 Å². The van der Waals surface area contributed by atoms with Crippen LogP contribution in [0.15, 0.2) is 0 Å². The molecule has 0 aromatic heterocycles. The summed E-state index contributed by atoms with van der Waals surface area (Å²) in [6.45, 7) is 9.64. The molecular weight excluding hydrogens is 188 g/mol. The van der Waals surface area contributed by atoms with Crippen molar-refractivity contribution >= 4 is 0 Å². The van der Waals surface area contributed by atoms with Crippen molar-refractivity contribution in [2.24, 2.45) is 17.6 Å². The Morgan fingerprint density at radius 2 is 2.07 bits per heavy atom. The molecule has 3 heteroatoms. The molecule has 90 valence electrons. The van der Waals surface area contributed by atoms with E-state index in [1.54, 1.807) is 0 Å². The van der Waals surface area contributed by atoms with Crippen LogP contribution in [0.2, 0.25) is 0 Å².